The lowest BCUT2D eigenvalue weighted by Crippen LogP contribution is -2.02. The second-order valence-corrected chi connectivity index (χ2v) is 3.76. The molecule has 0 amide bonds. The summed E-state index contributed by atoms with van der Waals surface area (Å²) in [7, 11) is 0. The van der Waals surface area contributed by atoms with Crippen molar-refractivity contribution >= 4 is 16.5 Å². The Bertz CT molecular complexity index is 267. The van der Waals surface area contributed by atoms with Gasteiger partial charge in [-0.05, 0) is 13.3 Å². The second-order valence-electron chi connectivity index (χ2n) is 2.58. The minimum absolute atomic E-state index is 0.797. The fourth-order valence-electron chi connectivity index (χ4n) is 0.694. The first-order valence-electron chi connectivity index (χ1n) is 3.93. The molecule has 1 aromatic rings. The van der Waals surface area contributed by atoms with Gasteiger partial charge in [0, 0.05) is 6.54 Å². The predicted molar refractivity (Wildman–Crippen MR) is 52.6 cm³/mol. The molecule has 3 nitrogen and oxygen atoms in total. The van der Waals surface area contributed by atoms with Gasteiger partial charge < -0.3 is 5.32 Å². The monoisotopic (exact) mass is 183 g/mol. The standard InChI is InChI=1S/C8H13N3S/c1-4-6(2)5-9-8-11-10-7(3)12-8/h2,4-5H2,1,3H3,(H,9,11). The number of nitrogens with one attached hydrogen (secondary N) is 1. The van der Waals surface area contributed by atoms with Gasteiger partial charge in [-0.2, -0.15) is 0 Å². The molecule has 1 N–H and O–H groups in total. The van der Waals surface area contributed by atoms with Crippen LogP contribution in [0.1, 0.15) is 18.4 Å². The van der Waals surface area contributed by atoms with Crippen LogP contribution in [-0.4, -0.2) is 16.7 Å². The smallest absolute Gasteiger partial charge is 0.205 e. The average molecular weight is 183 g/mol. The first-order valence-corrected chi connectivity index (χ1v) is 4.74. The molecule has 12 heavy (non-hydrogen) atoms. The Kier molecular flexibility index (Phi) is 3.22. The zero-order valence-corrected chi connectivity index (χ0v) is 8.24. The maximum Gasteiger partial charge on any atom is 0.205 e. The third-order valence-corrected chi connectivity index (χ3v) is 2.31. The first kappa shape index (κ1) is 9.19. The SMILES string of the molecule is C=C(CC)CNc1nnc(C)s1. The zero-order valence-electron chi connectivity index (χ0n) is 7.42. The molecule has 0 aliphatic heterocycles. The summed E-state index contributed by atoms with van der Waals surface area (Å²) in [6.07, 6.45) is 1.00. The van der Waals surface area contributed by atoms with E-state index in [1.54, 1.807) is 11.3 Å². The van der Waals surface area contributed by atoms with Crippen LogP contribution in [0, 0.1) is 6.92 Å². The highest BCUT2D eigenvalue weighted by molar-refractivity contribution is 7.15. The minimum atomic E-state index is 0.797. The summed E-state index contributed by atoms with van der Waals surface area (Å²) in [5.74, 6) is 0. The van der Waals surface area contributed by atoms with Crippen LogP contribution in [0.4, 0.5) is 5.13 Å². The number of rotatable bonds is 4. The fourth-order valence-corrected chi connectivity index (χ4v) is 1.28. The summed E-state index contributed by atoms with van der Waals surface area (Å²) < 4.78 is 0. The summed E-state index contributed by atoms with van der Waals surface area (Å²) >= 11 is 1.57. The van der Waals surface area contributed by atoms with Crippen molar-refractivity contribution in [3.8, 4) is 0 Å². The quantitative estimate of drug-likeness (QED) is 0.727. The van der Waals surface area contributed by atoms with Gasteiger partial charge in [-0.1, -0.05) is 30.4 Å². The zero-order chi connectivity index (χ0) is 8.97. The van der Waals surface area contributed by atoms with Gasteiger partial charge in [-0.25, -0.2) is 0 Å². The Morgan fingerprint density at radius 3 is 2.83 bits per heavy atom. The highest BCUT2D eigenvalue weighted by Gasteiger charge is 1.98. The summed E-state index contributed by atoms with van der Waals surface area (Å²) in [6, 6.07) is 0. The Balaban J connectivity index is 2.38. The Hall–Kier alpha value is -0.900. The second kappa shape index (κ2) is 4.21. The van der Waals surface area contributed by atoms with E-state index < -0.39 is 0 Å². The molecule has 0 spiro atoms. The van der Waals surface area contributed by atoms with Crippen molar-refractivity contribution in [3.63, 3.8) is 0 Å². The van der Waals surface area contributed by atoms with Gasteiger partial charge in [0.05, 0.1) is 0 Å². The van der Waals surface area contributed by atoms with Gasteiger partial charge in [0.15, 0.2) is 0 Å². The van der Waals surface area contributed by atoms with Crippen LogP contribution in [0.3, 0.4) is 0 Å². The van der Waals surface area contributed by atoms with E-state index in [1.807, 2.05) is 6.92 Å². The summed E-state index contributed by atoms with van der Waals surface area (Å²) in [5, 5.41) is 12.9. The molecule has 0 saturated heterocycles. The molecule has 0 bridgehead atoms. The van der Waals surface area contributed by atoms with Gasteiger partial charge in [0.25, 0.3) is 0 Å². The molecule has 0 aliphatic rings. The predicted octanol–water partition coefficient (Wildman–Crippen LogP) is 2.22. The van der Waals surface area contributed by atoms with Crippen molar-refractivity contribution < 1.29 is 0 Å². The van der Waals surface area contributed by atoms with Crippen LogP contribution < -0.4 is 5.32 Å². The van der Waals surface area contributed by atoms with Crippen LogP contribution in [0.5, 0.6) is 0 Å². The largest absolute Gasteiger partial charge is 0.356 e. The molecule has 0 unspecified atom stereocenters. The number of aryl methyl sites for hydroxylation is 1. The molecule has 0 aliphatic carbocycles. The molecular formula is C8H13N3S. The molecule has 0 atom stereocenters. The van der Waals surface area contributed by atoms with Gasteiger partial charge in [0.1, 0.15) is 5.01 Å². The van der Waals surface area contributed by atoms with E-state index in [1.165, 1.54) is 5.57 Å². The molecule has 4 heteroatoms. The van der Waals surface area contributed by atoms with E-state index in [0.717, 1.165) is 23.1 Å². The summed E-state index contributed by atoms with van der Waals surface area (Å²) in [6.45, 7) is 8.72. The number of hydrogen-bond acceptors (Lipinski definition) is 4. The van der Waals surface area contributed by atoms with Crippen LogP contribution in [0.25, 0.3) is 0 Å². The van der Waals surface area contributed by atoms with Crippen molar-refractivity contribution in [2.75, 3.05) is 11.9 Å². The van der Waals surface area contributed by atoms with Crippen molar-refractivity contribution in [1.29, 1.82) is 0 Å². The fraction of sp³-hybridized carbons (Fsp3) is 0.500. The molecule has 1 rings (SSSR count). The number of anilines is 1. The average Bonchev–Trinajstić information content (AvgIpc) is 2.47. The molecule has 1 aromatic heterocycles. The Morgan fingerprint density at radius 2 is 2.33 bits per heavy atom. The molecular weight excluding hydrogens is 170 g/mol. The third kappa shape index (κ3) is 2.62. The molecule has 66 valence electrons. The first-order chi connectivity index (χ1) is 5.72. The van der Waals surface area contributed by atoms with Crippen LogP contribution in [-0.2, 0) is 0 Å². The van der Waals surface area contributed by atoms with Crippen molar-refractivity contribution in [3.05, 3.63) is 17.2 Å². The molecule has 0 saturated carbocycles. The maximum atomic E-state index is 3.94. The summed E-state index contributed by atoms with van der Waals surface area (Å²) in [4.78, 5) is 0. The highest BCUT2D eigenvalue weighted by Crippen LogP contribution is 2.13. The van der Waals surface area contributed by atoms with E-state index in [4.69, 9.17) is 0 Å². The molecule has 0 radical (unpaired) electrons. The Labute approximate surface area is 76.5 Å². The minimum Gasteiger partial charge on any atom is -0.356 e. The number of hydrogen-bond donors (Lipinski definition) is 1. The van der Waals surface area contributed by atoms with Crippen molar-refractivity contribution in [2.45, 2.75) is 20.3 Å². The number of aromatic nitrogens is 2. The van der Waals surface area contributed by atoms with Gasteiger partial charge in [0.2, 0.25) is 5.13 Å². The lowest BCUT2D eigenvalue weighted by atomic mass is 10.2. The summed E-state index contributed by atoms with van der Waals surface area (Å²) in [5.41, 5.74) is 1.18. The van der Waals surface area contributed by atoms with Crippen LogP contribution in [0.15, 0.2) is 12.2 Å². The van der Waals surface area contributed by atoms with Gasteiger partial charge in [-0.15, -0.1) is 10.2 Å². The third-order valence-electron chi connectivity index (χ3n) is 1.52. The highest BCUT2D eigenvalue weighted by atomic mass is 32.1. The lowest BCUT2D eigenvalue weighted by Gasteiger charge is -2.01. The van der Waals surface area contributed by atoms with Crippen molar-refractivity contribution in [1.82, 2.24) is 10.2 Å². The lowest BCUT2D eigenvalue weighted by molar-refractivity contribution is 1.01. The molecule has 1 heterocycles. The van der Waals surface area contributed by atoms with Gasteiger partial charge >= 0.3 is 0 Å². The number of nitrogens with zero attached hydrogens (tertiary/aromatic N) is 2. The topological polar surface area (TPSA) is 37.8 Å². The maximum absolute atomic E-state index is 3.94. The van der Waals surface area contributed by atoms with E-state index in [9.17, 15) is 0 Å². The van der Waals surface area contributed by atoms with Crippen LogP contribution in [0.2, 0.25) is 0 Å². The van der Waals surface area contributed by atoms with E-state index in [2.05, 4.69) is 29.0 Å². The van der Waals surface area contributed by atoms with Crippen molar-refractivity contribution in [2.24, 2.45) is 0 Å². The normalized spacial score (nSPS) is 9.83. The van der Waals surface area contributed by atoms with Gasteiger partial charge in [-0.3, -0.25) is 0 Å². The Morgan fingerprint density at radius 1 is 1.58 bits per heavy atom. The molecule has 0 aromatic carbocycles. The van der Waals surface area contributed by atoms with E-state index >= 15 is 0 Å². The van der Waals surface area contributed by atoms with E-state index in [-0.39, 0.29) is 0 Å². The van der Waals surface area contributed by atoms with Crippen LogP contribution >= 0.6 is 11.3 Å². The van der Waals surface area contributed by atoms with E-state index in [0.29, 0.717) is 0 Å². The molecule has 0 fully saturated rings.